The van der Waals surface area contributed by atoms with Gasteiger partial charge in [0.05, 0.1) is 13.2 Å². The number of amides is 2. The molecule has 6 N–H and O–H groups in total. The summed E-state index contributed by atoms with van der Waals surface area (Å²) in [6.07, 6.45) is 0. The second kappa shape index (κ2) is 11.0. The fourth-order valence-electron chi connectivity index (χ4n) is 3.49. The van der Waals surface area contributed by atoms with Crippen molar-refractivity contribution in [2.45, 2.75) is 18.9 Å². The zero-order chi connectivity index (χ0) is 25.5. The molecule has 0 fully saturated rings. The van der Waals surface area contributed by atoms with Crippen molar-refractivity contribution in [2.24, 2.45) is 5.73 Å². The molecule has 0 bridgehead atoms. The molecule has 0 spiro atoms. The molecule has 0 aliphatic rings. The summed E-state index contributed by atoms with van der Waals surface area (Å²) in [4.78, 5) is 38.4. The number of hydrogen-bond donors (Lipinski definition) is 5. The summed E-state index contributed by atoms with van der Waals surface area (Å²) in [5.41, 5.74) is 7.44. The van der Waals surface area contributed by atoms with Crippen molar-refractivity contribution in [3.05, 3.63) is 95.1 Å². The maximum atomic E-state index is 13.3. The topological polar surface area (TPSA) is 155 Å². The number of nitrogen functional groups attached to an aromatic ring is 1. The van der Waals surface area contributed by atoms with Gasteiger partial charge in [0.25, 0.3) is 0 Å². The van der Waals surface area contributed by atoms with E-state index < -0.39 is 29.7 Å². The monoisotopic (exact) mass is 474 g/mol. The van der Waals surface area contributed by atoms with E-state index in [9.17, 15) is 19.5 Å². The quantitative estimate of drug-likeness (QED) is 0.146. The first-order valence-corrected chi connectivity index (χ1v) is 10.7. The predicted molar refractivity (Wildman–Crippen MR) is 131 cm³/mol. The maximum Gasteiger partial charge on any atom is 0.341 e. The maximum absolute atomic E-state index is 13.3. The number of aromatic hydroxyl groups is 1. The van der Waals surface area contributed by atoms with Crippen molar-refractivity contribution in [3.8, 4) is 5.75 Å². The molecule has 180 valence electrons. The standard InChI is InChI=1S/C26H26N4O5/c1-15(18-10-13-21(31)20(14-18)26(34)35-2)29-24(32)22(16-6-4-3-5-7-16)25(33)30-19-11-8-17(9-12-19)23(27)28/h3-15,22,31H,1-2H3,(H3,27,28)(H,29,32)(H,30,33). The number of anilines is 1. The lowest BCUT2D eigenvalue weighted by Crippen LogP contribution is -2.37. The summed E-state index contributed by atoms with van der Waals surface area (Å²) >= 11 is 0. The molecule has 2 atom stereocenters. The van der Waals surface area contributed by atoms with Crippen LogP contribution in [0.25, 0.3) is 0 Å². The molecule has 0 saturated carbocycles. The van der Waals surface area contributed by atoms with Gasteiger partial charge in [-0.2, -0.15) is 0 Å². The van der Waals surface area contributed by atoms with Gasteiger partial charge in [0, 0.05) is 11.3 Å². The lowest BCUT2D eigenvalue weighted by Gasteiger charge is -2.21. The van der Waals surface area contributed by atoms with Gasteiger partial charge in [0.1, 0.15) is 23.1 Å². The number of nitrogens with one attached hydrogen (secondary N) is 3. The first kappa shape index (κ1) is 25.0. The predicted octanol–water partition coefficient (Wildman–Crippen LogP) is 3.06. The van der Waals surface area contributed by atoms with E-state index in [1.165, 1.54) is 19.2 Å². The van der Waals surface area contributed by atoms with Crippen LogP contribution in [0.5, 0.6) is 5.75 Å². The number of carbonyl (C=O) groups excluding carboxylic acids is 3. The molecular formula is C26H26N4O5. The molecule has 0 aromatic heterocycles. The molecule has 0 radical (unpaired) electrons. The minimum Gasteiger partial charge on any atom is -0.507 e. The Morgan fingerprint density at radius 2 is 1.60 bits per heavy atom. The van der Waals surface area contributed by atoms with Crippen LogP contribution in [0.1, 0.15) is 45.9 Å². The molecule has 9 heteroatoms. The Morgan fingerprint density at radius 1 is 0.943 bits per heavy atom. The summed E-state index contributed by atoms with van der Waals surface area (Å²) in [7, 11) is 1.20. The Balaban J connectivity index is 1.83. The van der Waals surface area contributed by atoms with Crippen LogP contribution in [0.2, 0.25) is 0 Å². The van der Waals surface area contributed by atoms with E-state index in [4.69, 9.17) is 11.1 Å². The van der Waals surface area contributed by atoms with Gasteiger partial charge in [-0.05, 0) is 54.4 Å². The molecule has 2 amide bonds. The van der Waals surface area contributed by atoms with Crippen molar-refractivity contribution < 1.29 is 24.2 Å². The average Bonchev–Trinajstić information content (AvgIpc) is 2.84. The van der Waals surface area contributed by atoms with E-state index in [-0.39, 0.29) is 17.1 Å². The SMILES string of the molecule is COC(=O)c1cc(C(C)NC(=O)C(C(=O)Nc2ccc(C(=N)N)cc2)c2ccccc2)ccc1O. The highest BCUT2D eigenvalue weighted by Crippen LogP contribution is 2.25. The number of rotatable bonds is 8. The van der Waals surface area contributed by atoms with Crippen molar-refractivity contribution in [3.63, 3.8) is 0 Å². The Kier molecular flexibility index (Phi) is 7.83. The highest BCUT2D eigenvalue weighted by molar-refractivity contribution is 6.11. The number of nitrogens with two attached hydrogens (primary N) is 1. The zero-order valence-corrected chi connectivity index (χ0v) is 19.2. The van der Waals surface area contributed by atoms with E-state index in [0.717, 1.165) is 0 Å². The van der Waals surface area contributed by atoms with Gasteiger partial charge in [0.15, 0.2) is 0 Å². The Labute approximate surface area is 202 Å². The number of phenolic OH excluding ortho intramolecular Hbond substituents is 1. The molecule has 3 aromatic rings. The second-order valence-electron chi connectivity index (χ2n) is 7.82. The number of esters is 1. The molecule has 9 nitrogen and oxygen atoms in total. The number of hydrogen-bond acceptors (Lipinski definition) is 6. The van der Waals surface area contributed by atoms with Crippen LogP contribution < -0.4 is 16.4 Å². The Bertz CT molecular complexity index is 1240. The van der Waals surface area contributed by atoms with Gasteiger partial charge in [-0.15, -0.1) is 0 Å². The molecule has 0 aliphatic carbocycles. The number of ether oxygens (including phenoxy) is 1. The third-order valence-corrected chi connectivity index (χ3v) is 5.41. The minimum atomic E-state index is -1.16. The lowest BCUT2D eigenvalue weighted by molar-refractivity contribution is -0.129. The van der Waals surface area contributed by atoms with Gasteiger partial charge < -0.3 is 26.2 Å². The van der Waals surface area contributed by atoms with E-state index in [1.54, 1.807) is 67.6 Å². The largest absolute Gasteiger partial charge is 0.507 e. The zero-order valence-electron chi connectivity index (χ0n) is 19.2. The van der Waals surface area contributed by atoms with Gasteiger partial charge in [-0.3, -0.25) is 15.0 Å². The van der Waals surface area contributed by atoms with E-state index in [2.05, 4.69) is 15.4 Å². The number of phenols is 1. The summed E-state index contributed by atoms with van der Waals surface area (Å²) in [5.74, 6) is -3.30. The number of carbonyl (C=O) groups is 3. The van der Waals surface area contributed by atoms with Gasteiger partial charge in [-0.1, -0.05) is 36.4 Å². The van der Waals surface area contributed by atoms with Gasteiger partial charge in [-0.25, -0.2) is 4.79 Å². The summed E-state index contributed by atoms with van der Waals surface area (Å²) in [6, 6.07) is 18.8. The highest BCUT2D eigenvalue weighted by Gasteiger charge is 2.30. The van der Waals surface area contributed by atoms with Crippen LogP contribution in [0, 0.1) is 5.41 Å². The van der Waals surface area contributed by atoms with Crippen LogP contribution in [-0.4, -0.2) is 35.8 Å². The third-order valence-electron chi connectivity index (χ3n) is 5.41. The number of amidine groups is 1. The van der Waals surface area contributed by atoms with Crippen molar-refractivity contribution in [1.82, 2.24) is 5.32 Å². The van der Waals surface area contributed by atoms with E-state index >= 15 is 0 Å². The molecule has 35 heavy (non-hydrogen) atoms. The normalized spacial score (nSPS) is 12.2. The molecule has 0 heterocycles. The fraction of sp³-hybridized carbons (Fsp3) is 0.154. The van der Waals surface area contributed by atoms with Gasteiger partial charge in [0.2, 0.25) is 11.8 Å². The van der Waals surface area contributed by atoms with Crippen molar-refractivity contribution in [2.75, 3.05) is 12.4 Å². The van der Waals surface area contributed by atoms with Crippen molar-refractivity contribution in [1.29, 1.82) is 5.41 Å². The molecular weight excluding hydrogens is 448 g/mol. The van der Waals surface area contributed by atoms with Crippen LogP contribution in [0.15, 0.2) is 72.8 Å². The average molecular weight is 475 g/mol. The van der Waals surface area contributed by atoms with E-state index in [0.29, 0.717) is 22.4 Å². The second-order valence-corrected chi connectivity index (χ2v) is 7.82. The van der Waals surface area contributed by atoms with Crippen LogP contribution in [-0.2, 0) is 14.3 Å². The smallest absolute Gasteiger partial charge is 0.341 e. The van der Waals surface area contributed by atoms with Crippen LogP contribution >= 0.6 is 0 Å². The van der Waals surface area contributed by atoms with Crippen LogP contribution in [0.4, 0.5) is 5.69 Å². The van der Waals surface area contributed by atoms with Crippen LogP contribution in [0.3, 0.4) is 0 Å². The number of benzene rings is 3. The summed E-state index contributed by atoms with van der Waals surface area (Å²) in [6.45, 7) is 1.70. The molecule has 3 rings (SSSR count). The Hall–Kier alpha value is -4.66. The Morgan fingerprint density at radius 3 is 2.20 bits per heavy atom. The highest BCUT2D eigenvalue weighted by atomic mass is 16.5. The molecule has 0 aliphatic heterocycles. The molecule has 0 saturated heterocycles. The lowest BCUT2D eigenvalue weighted by atomic mass is 9.96. The fourth-order valence-corrected chi connectivity index (χ4v) is 3.49. The third kappa shape index (κ3) is 6.02. The van der Waals surface area contributed by atoms with E-state index in [1.807, 2.05) is 0 Å². The molecule has 2 unspecified atom stereocenters. The minimum absolute atomic E-state index is 0.0301. The first-order valence-electron chi connectivity index (χ1n) is 10.7. The molecule has 3 aromatic carbocycles. The van der Waals surface area contributed by atoms with Crippen molar-refractivity contribution >= 4 is 29.3 Å². The summed E-state index contributed by atoms with van der Waals surface area (Å²) in [5, 5.41) is 23.0. The van der Waals surface area contributed by atoms with Gasteiger partial charge >= 0.3 is 5.97 Å². The number of methoxy groups -OCH3 is 1. The summed E-state index contributed by atoms with van der Waals surface area (Å²) < 4.78 is 4.68. The first-order chi connectivity index (χ1) is 16.7.